The third kappa shape index (κ3) is 12.5. The van der Waals surface area contributed by atoms with Crippen LogP contribution in [-0.2, 0) is 10.0 Å². The summed E-state index contributed by atoms with van der Waals surface area (Å²) in [6.07, 6.45) is 10.9. The van der Waals surface area contributed by atoms with Crippen molar-refractivity contribution in [3.05, 3.63) is 0 Å². The highest BCUT2D eigenvalue weighted by atomic mass is 32.2. The van der Waals surface area contributed by atoms with E-state index in [4.69, 9.17) is 0 Å². The Hall–Kier alpha value is -1.51. The number of nitrogens with one attached hydrogen (secondary N) is 3. The summed E-state index contributed by atoms with van der Waals surface area (Å²) in [7, 11) is -3.92. The van der Waals surface area contributed by atoms with Crippen LogP contribution in [0.1, 0.15) is 85.0 Å². The molecule has 4 amide bonds. The van der Waals surface area contributed by atoms with Crippen molar-refractivity contribution < 1.29 is 18.0 Å². The molecule has 0 bridgehead atoms. The smallest absolute Gasteiger partial charge is 0.337 e. The van der Waals surface area contributed by atoms with E-state index in [9.17, 15) is 18.0 Å². The third-order valence-electron chi connectivity index (χ3n) is 4.09. The second-order valence-electron chi connectivity index (χ2n) is 6.57. The van der Waals surface area contributed by atoms with Gasteiger partial charge < -0.3 is 10.6 Å². The second-order valence-corrected chi connectivity index (χ2v) is 8.51. The molecular formula is C18H38N4O4S. The Labute approximate surface area is 164 Å². The van der Waals surface area contributed by atoms with Crippen LogP contribution in [0.2, 0.25) is 0 Å². The lowest BCUT2D eigenvalue weighted by Crippen LogP contribution is -2.56. The molecule has 3 N–H and O–H groups in total. The van der Waals surface area contributed by atoms with Gasteiger partial charge in [0.1, 0.15) is 0 Å². The molecule has 0 spiro atoms. The lowest BCUT2D eigenvalue weighted by molar-refractivity contribution is 0.200. The SMILES string of the molecule is CCCCCCCCCCCCS(=O)(=O)N(NC(=O)NCC)C(=O)NCC. The van der Waals surface area contributed by atoms with E-state index < -0.39 is 22.1 Å². The molecular weight excluding hydrogens is 368 g/mol. The van der Waals surface area contributed by atoms with Crippen molar-refractivity contribution in [2.75, 3.05) is 18.8 Å². The molecule has 0 saturated carbocycles. The Bertz CT molecular complexity index is 511. The molecule has 0 aliphatic rings. The summed E-state index contributed by atoms with van der Waals surface area (Å²) in [5, 5.41) is 4.82. The first-order valence-corrected chi connectivity index (χ1v) is 11.8. The summed E-state index contributed by atoms with van der Waals surface area (Å²) in [6, 6.07) is -1.58. The number of rotatable bonds is 14. The van der Waals surface area contributed by atoms with Gasteiger partial charge in [-0.2, -0.15) is 0 Å². The molecule has 0 aliphatic heterocycles. The lowest BCUT2D eigenvalue weighted by atomic mass is 10.1. The summed E-state index contributed by atoms with van der Waals surface area (Å²) in [5.41, 5.74) is 2.11. The van der Waals surface area contributed by atoms with Crippen molar-refractivity contribution in [2.24, 2.45) is 0 Å². The van der Waals surface area contributed by atoms with E-state index in [1.54, 1.807) is 13.8 Å². The second kappa shape index (κ2) is 15.5. The molecule has 0 aromatic rings. The molecule has 0 radical (unpaired) electrons. The van der Waals surface area contributed by atoms with E-state index in [-0.39, 0.29) is 12.3 Å². The number of hydrogen-bond acceptors (Lipinski definition) is 4. The first-order chi connectivity index (χ1) is 12.9. The Morgan fingerprint density at radius 2 is 1.22 bits per heavy atom. The number of carbonyl (C=O) groups is 2. The van der Waals surface area contributed by atoms with E-state index in [1.807, 2.05) is 0 Å². The minimum absolute atomic E-state index is 0.174. The summed E-state index contributed by atoms with van der Waals surface area (Å²) in [4.78, 5) is 23.6. The number of urea groups is 2. The van der Waals surface area contributed by atoms with Crippen LogP contribution in [0.5, 0.6) is 0 Å². The minimum Gasteiger partial charge on any atom is -0.337 e. The van der Waals surface area contributed by atoms with E-state index in [0.717, 1.165) is 19.3 Å². The average Bonchev–Trinajstić information content (AvgIpc) is 2.61. The highest BCUT2D eigenvalue weighted by Gasteiger charge is 2.28. The molecule has 160 valence electrons. The fourth-order valence-electron chi connectivity index (χ4n) is 2.63. The fourth-order valence-corrected chi connectivity index (χ4v) is 3.92. The van der Waals surface area contributed by atoms with Crippen LogP contribution in [0.3, 0.4) is 0 Å². The summed E-state index contributed by atoms with van der Waals surface area (Å²) >= 11 is 0. The van der Waals surface area contributed by atoms with Gasteiger partial charge in [-0.3, -0.25) is 0 Å². The van der Waals surface area contributed by atoms with E-state index in [2.05, 4.69) is 23.0 Å². The molecule has 0 aliphatic carbocycles. The lowest BCUT2D eigenvalue weighted by Gasteiger charge is -2.22. The van der Waals surface area contributed by atoms with Gasteiger partial charge in [-0.1, -0.05) is 64.7 Å². The van der Waals surface area contributed by atoms with Gasteiger partial charge in [-0.25, -0.2) is 23.4 Å². The van der Waals surface area contributed by atoms with Gasteiger partial charge in [0.25, 0.3) is 10.0 Å². The van der Waals surface area contributed by atoms with Crippen LogP contribution in [0.4, 0.5) is 9.59 Å². The summed E-state index contributed by atoms with van der Waals surface area (Å²) in [6.45, 7) is 6.17. The van der Waals surface area contributed by atoms with Crippen LogP contribution in [-0.4, -0.2) is 43.7 Å². The normalized spacial score (nSPS) is 11.1. The molecule has 0 fully saturated rings. The van der Waals surface area contributed by atoms with Crippen molar-refractivity contribution in [1.29, 1.82) is 0 Å². The molecule has 9 heteroatoms. The largest absolute Gasteiger partial charge is 0.350 e. The molecule has 0 heterocycles. The first-order valence-electron chi connectivity index (χ1n) is 10.2. The number of amides is 4. The van der Waals surface area contributed by atoms with E-state index >= 15 is 0 Å². The third-order valence-corrected chi connectivity index (χ3v) is 5.70. The molecule has 0 atom stereocenters. The molecule has 0 saturated heterocycles. The standard InChI is InChI=1S/C18H38N4O4S/c1-4-7-8-9-10-11-12-13-14-15-16-27(25,26)22(18(24)20-6-3)21-17(23)19-5-2/h4-16H2,1-3H3,(H,20,24)(H2,19,21,23). The molecule has 0 aromatic heterocycles. The molecule has 0 aromatic carbocycles. The predicted octanol–water partition coefficient (Wildman–Crippen LogP) is 3.50. The van der Waals surface area contributed by atoms with E-state index in [1.165, 1.54) is 38.5 Å². The maximum Gasteiger partial charge on any atom is 0.350 e. The Balaban J connectivity index is 4.28. The van der Waals surface area contributed by atoms with Crippen LogP contribution >= 0.6 is 0 Å². The number of hydrazine groups is 1. The van der Waals surface area contributed by atoms with Crippen molar-refractivity contribution in [3.63, 3.8) is 0 Å². The van der Waals surface area contributed by atoms with Crippen LogP contribution in [0.25, 0.3) is 0 Å². The van der Waals surface area contributed by atoms with Gasteiger partial charge in [-0.15, -0.1) is 4.41 Å². The number of sulfonamides is 1. The molecule has 0 rings (SSSR count). The molecule has 27 heavy (non-hydrogen) atoms. The zero-order valence-corrected chi connectivity index (χ0v) is 18.0. The highest BCUT2D eigenvalue weighted by molar-refractivity contribution is 7.89. The topological polar surface area (TPSA) is 108 Å². The fraction of sp³-hybridized carbons (Fsp3) is 0.889. The van der Waals surface area contributed by atoms with Crippen LogP contribution in [0.15, 0.2) is 0 Å². The minimum atomic E-state index is -3.92. The highest BCUT2D eigenvalue weighted by Crippen LogP contribution is 2.11. The van der Waals surface area contributed by atoms with Gasteiger partial charge in [0.2, 0.25) is 0 Å². The number of carbonyl (C=O) groups excluding carboxylic acids is 2. The van der Waals surface area contributed by atoms with Crippen molar-refractivity contribution >= 4 is 22.1 Å². The van der Waals surface area contributed by atoms with Crippen molar-refractivity contribution in [3.8, 4) is 0 Å². The summed E-state index contributed by atoms with van der Waals surface area (Å²) < 4.78 is 25.3. The maximum absolute atomic E-state index is 12.4. The Morgan fingerprint density at radius 3 is 1.70 bits per heavy atom. The quantitative estimate of drug-likeness (QED) is 0.303. The van der Waals surface area contributed by atoms with Crippen molar-refractivity contribution in [1.82, 2.24) is 20.5 Å². The van der Waals surface area contributed by atoms with Gasteiger partial charge in [0.05, 0.1) is 5.75 Å². The van der Waals surface area contributed by atoms with Crippen LogP contribution < -0.4 is 16.1 Å². The van der Waals surface area contributed by atoms with Gasteiger partial charge in [0, 0.05) is 13.1 Å². The zero-order valence-electron chi connectivity index (χ0n) is 17.2. The number of hydrogen-bond donors (Lipinski definition) is 3. The van der Waals surface area contributed by atoms with Crippen LogP contribution in [0, 0.1) is 0 Å². The Morgan fingerprint density at radius 1 is 0.741 bits per heavy atom. The predicted molar refractivity (Wildman–Crippen MR) is 109 cm³/mol. The number of unbranched alkanes of at least 4 members (excludes halogenated alkanes) is 9. The zero-order chi connectivity index (χ0) is 20.5. The van der Waals surface area contributed by atoms with Gasteiger partial charge in [-0.05, 0) is 20.3 Å². The Kier molecular flexibility index (Phi) is 14.7. The van der Waals surface area contributed by atoms with E-state index in [0.29, 0.717) is 17.4 Å². The molecule has 8 nitrogen and oxygen atoms in total. The molecule has 0 unspecified atom stereocenters. The monoisotopic (exact) mass is 406 g/mol. The van der Waals surface area contributed by atoms with Gasteiger partial charge >= 0.3 is 12.1 Å². The summed E-state index contributed by atoms with van der Waals surface area (Å²) in [5.74, 6) is -0.174. The first kappa shape index (κ1) is 25.5. The van der Waals surface area contributed by atoms with Crippen molar-refractivity contribution in [2.45, 2.75) is 85.0 Å². The average molecular weight is 407 g/mol. The maximum atomic E-state index is 12.4. The van der Waals surface area contributed by atoms with Gasteiger partial charge in [0.15, 0.2) is 0 Å². The number of nitrogens with zero attached hydrogens (tertiary/aromatic N) is 1.